The van der Waals surface area contributed by atoms with E-state index in [1.165, 1.54) is 5.56 Å². The highest BCUT2D eigenvalue weighted by atomic mass is 35.5. The number of aryl methyl sites for hydroxylation is 1. The minimum atomic E-state index is -0.374. The van der Waals surface area contributed by atoms with Crippen LogP contribution in [0.15, 0.2) is 53.3 Å². The number of hydrogen-bond donors (Lipinski definition) is 1. The molecule has 194 valence electrons. The quantitative estimate of drug-likeness (QED) is 0.378. The Labute approximate surface area is 222 Å². The van der Waals surface area contributed by atoms with Crippen molar-refractivity contribution in [2.45, 2.75) is 52.1 Å². The van der Waals surface area contributed by atoms with Gasteiger partial charge in [-0.2, -0.15) is 0 Å². The van der Waals surface area contributed by atoms with Crippen molar-refractivity contribution in [3.63, 3.8) is 0 Å². The summed E-state index contributed by atoms with van der Waals surface area (Å²) in [5.74, 6) is 0.694. The lowest BCUT2D eigenvalue weighted by atomic mass is 9.98. The Morgan fingerprint density at radius 3 is 2.54 bits per heavy atom. The van der Waals surface area contributed by atoms with Gasteiger partial charge in [0, 0.05) is 48.0 Å². The third kappa shape index (κ3) is 5.00. The molecule has 8 nitrogen and oxygen atoms in total. The van der Waals surface area contributed by atoms with E-state index in [1.807, 2.05) is 35.0 Å². The second-order valence-electron chi connectivity index (χ2n) is 10.3. The molecule has 3 heterocycles. The molecule has 1 aliphatic rings. The maximum Gasteiger partial charge on any atom is 0.253 e. The van der Waals surface area contributed by atoms with Crippen molar-refractivity contribution in [1.29, 1.82) is 0 Å². The highest BCUT2D eigenvalue weighted by Crippen LogP contribution is 2.32. The number of tetrazole rings is 1. The van der Waals surface area contributed by atoms with Crippen molar-refractivity contribution >= 4 is 28.2 Å². The summed E-state index contributed by atoms with van der Waals surface area (Å²) in [6, 6.07) is 15.8. The Morgan fingerprint density at radius 2 is 1.84 bits per heavy atom. The molecule has 0 spiro atoms. The van der Waals surface area contributed by atoms with Crippen molar-refractivity contribution < 1.29 is 0 Å². The van der Waals surface area contributed by atoms with Crippen molar-refractivity contribution in [2.24, 2.45) is 0 Å². The van der Waals surface area contributed by atoms with E-state index >= 15 is 0 Å². The third-order valence-electron chi connectivity index (χ3n) is 7.67. The summed E-state index contributed by atoms with van der Waals surface area (Å²) in [5.41, 5.74) is 3.44. The van der Waals surface area contributed by atoms with Gasteiger partial charge in [-0.25, -0.2) is 4.68 Å². The van der Waals surface area contributed by atoms with E-state index in [0.29, 0.717) is 11.4 Å². The van der Waals surface area contributed by atoms with Crippen molar-refractivity contribution in [2.75, 3.05) is 31.1 Å². The number of aromatic nitrogens is 5. The first kappa shape index (κ1) is 25.4. The number of hydrogen-bond acceptors (Lipinski definition) is 6. The Balaban J connectivity index is 1.57. The minimum absolute atomic E-state index is 0.108. The molecule has 2 aromatic heterocycles. The summed E-state index contributed by atoms with van der Waals surface area (Å²) >= 11 is 6.25. The van der Waals surface area contributed by atoms with Gasteiger partial charge in [0.2, 0.25) is 0 Å². The van der Waals surface area contributed by atoms with Gasteiger partial charge >= 0.3 is 0 Å². The molecule has 0 amide bonds. The van der Waals surface area contributed by atoms with E-state index in [4.69, 9.17) is 11.6 Å². The zero-order valence-electron chi connectivity index (χ0n) is 21.9. The number of piperazine rings is 1. The Hall–Kier alpha value is -3.23. The third-order valence-corrected chi connectivity index (χ3v) is 7.90. The molecule has 4 aromatic rings. The number of nitrogens with one attached hydrogen (secondary N) is 1. The summed E-state index contributed by atoms with van der Waals surface area (Å²) in [4.78, 5) is 21.3. The maximum atomic E-state index is 13.5. The first-order valence-electron chi connectivity index (χ1n) is 13.0. The fourth-order valence-electron chi connectivity index (χ4n) is 5.05. The number of nitrogens with zero attached hydrogens (tertiary/aromatic N) is 6. The molecule has 0 aliphatic carbocycles. The average molecular weight is 520 g/mol. The molecule has 0 unspecified atom stereocenters. The highest BCUT2D eigenvalue weighted by molar-refractivity contribution is 6.30. The zero-order chi connectivity index (χ0) is 26.2. The second-order valence-corrected chi connectivity index (χ2v) is 10.8. The van der Waals surface area contributed by atoms with Crippen LogP contribution in [0, 0.1) is 0 Å². The SMILES string of the molecule is CCc1ccc2[nH]c(=O)c([C@@H](c3nnnn3C(C)(C)CC)N3CCN(c4cccc(Cl)c4)CC3)cc2c1. The van der Waals surface area contributed by atoms with Gasteiger partial charge in [-0.05, 0) is 84.5 Å². The first-order valence-corrected chi connectivity index (χ1v) is 13.4. The summed E-state index contributed by atoms with van der Waals surface area (Å²) in [5, 5.41) is 14.7. The molecule has 37 heavy (non-hydrogen) atoms. The molecule has 1 saturated heterocycles. The molecule has 2 aromatic carbocycles. The van der Waals surface area contributed by atoms with Crippen LogP contribution in [0.4, 0.5) is 5.69 Å². The molecule has 5 rings (SSSR count). The molecule has 1 aliphatic heterocycles. The predicted octanol–water partition coefficient (Wildman–Crippen LogP) is 4.79. The molecule has 0 radical (unpaired) electrons. The fourth-order valence-corrected chi connectivity index (χ4v) is 5.24. The topological polar surface area (TPSA) is 82.9 Å². The number of pyridine rings is 1. The number of fused-ring (bicyclic) bond motifs is 1. The molecule has 1 N–H and O–H groups in total. The van der Waals surface area contributed by atoms with Crippen LogP contribution in [0.2, 0.25) is 5.02 Å². The van der Waals surface area contributed by atoms with Gasteiger partial charge in [-0.3, -0.25) is 9.69 Å². The van der Waals surface area contributed by atoms with Crippen LogP contribution in [0.1, 0.15) is 57.1 Å². The van der Waals surface area contributed by atoms with Gasteiger partial charge in [-0.1, -0.05) is 37.6 Å². The van der Waals surface area contributed by atoms with Crippen LogP contribution in [0.25, 0.3) is 10.9 Å². The van der Waals surface area contributed by atoms with Gasteiger partial charge in [0.1, 0.15) is 6.04 Å². The van der Waals surface area contributed by atoms with Crippen LogP contribution >= 0.6 is 11.6 Å². The van der Waals surface area contributed by atoms with Gasteiger partial charge in [0.05, 0.1) is 5.54 Å². The van der Waals surface area contributed by atoms with Crippen molar-refractivity contribution in [3.8, 4) is 0 Å². The van der Waals surface area contributed by atoms with Crippen LogP contribution in [0.5, 0.6) is 0 Å². The largest absolute Gasteiger partial charge is 0.369 e. The lowest BCUT2D eigenvalue weighted by molar-refractivity contribution is 0.186. The number of H-pyrrole nitrogens is 1. The number of aromatic amines is 1. The summed E-state index contributed by atoms with van der Waals surface area (Å²) < 4.78 is 1.90. The smallest absolute Gasteiger partial charge is 0.253 e. The van der Waals surface area contributed by atoms with E-state index in [2.05, 4.69) is 76.2 Å². The second kappa shape index (κ2) is 10.3. The molecule has 0 saturated carbocycles. The molecule has 0 bridgehead atoms. The van der Waals surface area contributed by atoms with E-state index < -0.39 is 0 Å². The van der Waals surface area contributed by atoms with E-state index in [1.54, 1.807) is 0 Å². The zero-order valence-corrected chi connectivity index (χ0v) is 22.7. The highest BCUT2D eigenvalue weighted by Gasteiger charge is 2.35. The Morgan fingerprint density at radius 1 is 1.05 bits per heavy atom. The normalized spacial score (nSPS) is 15.9. The van der Waals surface area contributed by atoms with E-state index in [0.717, 1.165) is 60.6 Å². The number of anilines is 1. The number of rotatable bonds is 7. The van der Waals surface area contributed by atoms with E-state index in [9.17, 15) is 4.79 Å². The Kier molecular flexibility index (Phi) is 7.05. The monoisotopic (exact) mass is 519 g/mol. The summed E-state index contributed by atoms with van der Waals surface area (Å²) in [6.45, 7) is 11.6. The lowest BCUT2D eigenvalue weighted by Crippen LogP contribution is -2.49. The Bertz CT molecular complexity index is 1450. The standard InChI is InChI=1S/C28H34ClN7O/c1-5-19-10-11-24-20(16-19)17-23(27(37)30-24)25(26-31-32-33-36(26)28(3,4)6-2)35-14-12-34(13-15-35)22-9-7-8-21(29)18-22/h7-11,16-18,25H,5-6,12-15H2,1-4H3,(H,30,37)/t25-/m0/s1. The molecule has 1 fully saturated rings. The van der Waals surface area contributed by atoms with Crippen LogP contribution < -0.4 is 10.5 Å². The maximum absolute atomic E-state index is 13.5. The van der Waals surface area contributed by atoms with Gasteiger partial charge in [0.25, 0.3) is 5.56 Å². The van der Waals surface area contributed by atoms with Gasteiger partial charge < -0.3 is 9.88 Å². The van der Waals surface area contributed by atoms with Crippen LogP contribution in [-0.4, -0.2) is 56.3 Å². The van der Waals surface area contributed by atoms with Gasteiger partial charge in [0.15, 0.2) is 5.82 Å². The van der Waals surface area contributed by atoms with Crippen LogP contribution in [0.3, 0.4) is 0 Å². The summed E-state index contributed by atoms with van der Waals surface area (Å²) in [7, 11) is 0. The minimum Gasteiger partial charge on any atom is -0.369 e. The fraction of sp³-hybridized carbons (Fsp3) is 0.429. The van der Waals surface area contributed by atoms with Gasteiger partial charge in [-0.15, -0.1) is 5.10 Å². The first-order chi connectivity index (χ1) is 17.8. The number of halogens is 1. The molecule has 1 atom stereocenters. The summed E-state index contributed by atoms with van der Waals surface area (Å²) in [6.07, 6.45) is 1.79. The van der Waals surface area contributed by atoms with E-state index in [-0.39, 0.29) is 17.1 Å². The predicted molar refractivity (Wildman–Crippen MR) is 148 cm³/mol. The van der Waals surface area contributed by atoms with Crippen molar-refractivity contribution in [1.82, 2.24) is 30.1 Å². The molecular formula is C28H34ClN7O. The van der Waals surface area contributed by atoms with Crippen molar-refractivity contribution in [3.05, 3.63) is 80.9 Å². The average Bonchev–Trinajstić information content (AvgIpc) is 3.40. The molecule has 9 heteroatoms. The molecular weight excluding hydrogens is 486 g/mol. The lowest BCUT2D eigenvalue weighted by Gasteiger charge is -2.40. The number of benzene rings is 2. The van der Waals surface area contributed by atoms with Crippen LogP contribution in [-0.2, 0) is 12.0 Å².